The predicted octanol–water partition coefficient (Wildman–Crippen LogP) is 1.99. The standard InChI is InChI=1S/C11H9FN4S/c12-7-2-1-3-8(6-7)15-11-9(10(13)17)4-5-14-16-11/h1-6H,(H2,13,17)(H,15,16). The molecule has 0 aliphatic heterocycles. The number of anilines is 2. The lowest BCUT2D eigenvalue weighted by Crippen LogP contribution is -2.13. The monoisotopic (exact) mass is 248 g/mol. The molecule has 0 amide bonds. The van der Waals surface area contributed by atoms with Crippen molar-refractivity contribution in [2.45, 2.75) is 0 Å². The van der Waals surface area contributed by atoms with Crippen LogP contribution in [-0.4, -0.2) is 15.2 Å². The number of thiocarbonyl (C=S) groups is 1. The molecule has 17 heavy (non-hydrogen) atoms. The van der Waals surface area contributed by atoms with E-state index in [0.717, 1.165) is 0 Å². The first-order valence-corrected chi connectivity index (χ1v) is 5.22. The summed E-state index contributed by atoms with van der Waals surface area (Å²) in [5, 5.41) is 10.5. The summed E-state index contributed by atoms with van der Waals surface area (Å²) in [4.78, 5) is 0.207. The summed E-state index contributed by atoms with van der Waals surface area (Å²) in [5.74, 6) is 0.0707. The van der Waals surface area contributed by atoms with Crippen molar-refractivity contribution in [1.82, 2.24) is 10.2 Å². The molecular weight excluding hydrogens is 239 g/mol. The third-order valence-electron chi connectivity index (χ3n) is 2.07. The highest BCUT2D eigenvalue weighted by Crippen LogP contribution is 2.18. The van der Waals surface area contributed by atoms with Gasteiger partial charge in [0.25, 0.3) is 0 Å². The van der Waals surface area contributed by atoms with E-state index in [-0.39, 0.29) is 10.8 Å². The molecule has 0 aliphatic rings. The van der Waals surface area contributed by atoms with Crippen LogP contribution in [0.3, 0.4) is 0 Å². The number of benzene rings is 1. The molecule has 1 aromatic heterocycles. The molecular formula is C11H9FN4S. The molecule has 6 heteroatoms. The lowest BCUT2D eigenvalue weighted by molar-refractivity contribution is 0.628. The van der Waals surface area contributed by atoms with Gasteiger partial charge in [-0.05, 0) is 24.3 Å². The number of halogens is 1. The van der Waals surface area contributed by atoms with Crippen LogP contribution in [0.4, 0.5) is 15.9 Å². The highest BCUT2D eigenvalue weighted by atomic mass is 32.1. The second-order valence-electron chi connectivity index (χ2n) is 3.29. The first-order chi connectivity index (χ1) is 8.16. The Morgan fingerprint density at radius 3 is 2.88 bits per heavy atom. The Bertz CT molecular complexity index is 559. The number of rotatable bonds is 3. The minimum Gasteiger partial charge on any atom is -0.389 e. The van der Waals surface area contributed by atoms with E-state index in [0.29, 0.717) is 17.1 Å². The van der Waals surface area contributed by atoms with Gasteiger partial charge < -0.3 is 11.1 Å². The maximum Gasteiger partial charge on any atom is 0.163 e. The van der Waals surface area contributed by atoms with Crippen molar-refractivity contribution >= 4 is 28.7 Å². The maximum atomic E-state index is 13.0. The van der Waals surface area contributed by atoms with Crippen molar-refractivity contribution in [1.29, 1.82) is 0 Å². The van der Waals surface area contributed by atoms with Crippen molar-refractivity contribution in [2.75, 3.05) is 5.32 Å². The minimum atomic E-state index is -0.337. The van der Waals surface area contributed by atoms with Gasteiger partial charge in [-0.1, -0.05) is 18.3 Å². The van der Waals surface area contributed by atoms with Gasteiger partial charge in [-0.25, -0.2) is 4.39 Å². The fourth-order valence-corrected chi connectivity index (χ4v) is 1.49. The Hall–Kier alpha value is -2.08. The average molecular weight is 248 g/mol. The fraction of sp³-hybridized carbons (Fsp3) is 0. The van der Waals surface area contributed by atoms with Crippen LogP contribution in [0.2, 0.25) is 0 Å². The van der Waals surface area contributed by atoms with Crippen LogP contribution in [0, 0.1) is 5.82 Å². The van der Waals surface area contributed by atoms with Crippen LogP contribution in [-0.2, 0) is 0 Å². The van der Waals surface area contributed by atoms with Gasteiger partial charge >= 0.3 is 0 Å². The summed E-state index contributed by atoms with van der Waals surface area (Å²) in [7, 11) is 0. The minimum absolute atomic E-state index is 0.207. The number of aromatic nitrogens is 2. The molecule has 1 heterocycles. The Morgan fingerprint density at radius 2 is 2.18 bits per heavy atom. The lowest BCUT2D eigenvalue weighted by atomic mass is 10.2. The summed E-state index contributed by atoms with van der Waals surface area (Å²) >= 11 is 4.89. The molecule has 0 aliphatic carbocycles. The van der Waals surface area contributed by atoms with Crippen molar-refractivity contribution in [3.63, 3.8) is 0 Å². The SMILES string of the molecule is NC(=S)c1ccnnc1Nc1cccc(F)c1. The Labute approximate surface area is 103 Å². The number of hydrogen-bond donors (Lipinski definition) is 2. The van der Waals surface area contributed by atoms with Gasteiger partial charge in [0.05, 0.1) is 11.8 Å². The van der Waals surface area contributed by atoms with Crippen LogP contribution >= 0.6 is 12.2 Å². The largest absolute Gasteiger partial charge is 0.389 e. The molecule has 2 rings (SSSR count). The molecule has 0 saturated carbocycles. The zero-order valence-electron chi connectivity index (χ0n) is 8.72. The Morgan fingerprint density at radius 1 is 1.35 bits per heavy atom. The fourth-order valence-electron chi connectivity index (χ4n) is 1.33. The van der Waals surface area contributed by atoms with Gasteiger partial charge in [0, 0.05) is 5.69 Å². The van der Waals surface area contributed by atoms with Crippen LogP contribution in [0.5, 0.6) is 0 Å². The van der Waals surface area contributed by atoms with E-state index in [1.807, 2.05) is 0 Å². The second-order valence-corrected chi connectivity index (χ2v) is 3.73. The molecule has 2 aromatic rings. The molecule has 0 unspecified atom stereocenters. The van der Waals surface area contributed by atoms with Crippen LogP contribution in [0.25, 0.3) is 0 Å². The first-order valence-electron chi connectivity index (χ1n) is 4.81. The van der Waals surface area contributed by atoms with Gasteiger partial charge in [-0.15, -0.1) is 5.10 Å². The van der Waals surface area contributed by atoms with E-state index in [2.05, 4.69) is 15.5 Å². The zero-order chi connectivity index (χ0) is 12.3. The molecule has 0 atom stereocenters. The van der Waals surface area contributed by atoms with Gasteiger partial charge in [0.1, 0.15) is 10.8 Å². The Balaban J connectivity index is 2.33. The molecule has 0 saturated heterocycles. The normalized spacial score (nSPS) is 9.94. The van der Waals surface area contributed by atoms with Crippen molar-refractivity contribution in [3.8, 4) is 0 Å². The third kappa shape index (κ3) is 2.73. The van der Waals surface area contributed by atoms with Crippen molar-refractivity contribution < 1.29 is 4.39 Å². The number of nitrogens with zero attached hydrogens (tertiary/aromatic N) is 2. The topological polar surface area (TPSA) is 63.8 Å². The van der Waals surface area contributed by atoms with Gasteiger partial charge in [0.15, 0.2) is 5.82 Å². The zero-order valence-corrected chi connectivity index (χ0v) is 9.54. The summed E-state index contributed by atoms with van der Waals surface area (Å²) in [6.07, 6.45) is 1.49. The number of nitrogens with two attached hydrogens (primary N) is 1. The smallest absolute Gasteiger partial charge is 0.163 e. The number of hydrogen-bond acceptors (Lipinski definition) is 4. The highest BCUT2D eigenvalue weighted by Gasteiger charge is 2.07. The molecule has 0 radical (unpaired) electrons. The van der Waals surface area contributed by atoms with Gasteiger partial charge in [0.2, 0.25) is 0 Å². The summed E-state index contributed by atoms with van der Waals surface area (Å²) in [5.41, 5.74) is 6.67. The van der Waals surface area contributed by atoms with E-state index in [1.165, 1.54) is 18.3 Å². The summed E-state index contributed by atoms with van der Waals surface area (Å²) in [6, 6.07) is 7.65. The first kappa shape index (κ1) is 11.4. The van der Waals surface area contributed by atoms with E-state index in [9.17, 15) is 4.39 Å². The summed E-state index contributed by atoms with van der Waals surface area (Å²) < 4.78 is 13.0. The summed E-state index contributed by atoms with van der Waals surface area (Å²) in [6.45, 7) is 0. The molecule has 4 nitrogen and oxygen atoms in total. The predicted molar refractivity (Wildman–Crippen MR) is 67.6 cm³/mol. The van der Waals surface area contributed by atoms with Crippen LogP contribution in [0.1, 0.15) is 5.56 Å². The van der Waals surface area contributed by atoms with E-state index in [1.54, 1.807) is 18.2 Å². The average Bonchev–Trinajstić information content (AvgIpc) is 2.29. The Kier molecular flexibility index (Phi) is 3.24. The lowest BCUT2D eigenvalue weighted by Gasteiger charge is -2.08. The van der Waals surface area contributed by atoms with Crippen LogP contribution < -0.4 is 11.1 Å². The van der Waals surface area contributed by atoms with Crippen LogP contribution in [0.15, 0.2) is 36.5 Å². The van der Waals surface area contributed by atoms with E-state index >= 15 is 0 Å². The molecule has 3 N–H and O–H groups in total. The van der Waals surface area contributed by atoms with Gasteiger partial charge in [-0.3, -0.25) is 0 Å². The molecule has 0 fully saturated rings. The van der Waals surface area contributed by atoms with E-state index < -0.39 is 0 Å². The quantitative estimate of drug-likeness (QED) is 0.813. The second kappa shape index (κ2) is 4.84. The van der Waals surface area contributed by atoms with E-state index in [4.69, 9.17) is 18.0 Å². The van der Waals surface area contributed by atoms with Crippen molar-refractivity contribution in [3.05, 3.63) is 47.9 Å². The molecule has 1 aromatic carbocycles. The molecule has 86 valence electrons. The van der Waals surface area contributed by atoms with Gasteiger partial charge in [-0.2, -0.15) is 5.10 Å². The third-order valence-corrected chi connectivity index (χ3v) is 2.29. The molecule has 0 spiro atoms. The highest BCUT2D eigenvalue weighted by molar-refractivity contribution is 7.80. The van der Waals surface area contributed by atoms with Crippen molar-refractivity contribution in [2.24, 2.45) is 5.73 Å². The number of nitrogens with one attached hydrogen (secondary N) is 1. The molecule has 0 bridgehead atoms. The maximum absolute atomic E-state index is 13.0.